The molecule has 2 nitrogen and oxygen atoms in total. The summed E-state index contributed by atoms with van der Waals surface area (Å²) in [5, 5.41) is 0.925. The van der Waals surface area contributed by atoms with E-state index in [0.717, 1.165) is 18.2 Å². The highest BCUT2D eigenvalue weighted by Crippen LogP contribution is 2.26. The second kappa shape index (κ2) is 4.30. The zero-order valence-corrected chi connectivity index (χ0v) is 11.8. The molecule has 0 unspecified atom stereocenters. The minimum atomic E-state index is 0.209. The predicted octanol–water partition coefficient (Wildman–Crippen LogP) is 3.02. The Morgan fingerprint density at radius 2 is 1.65 bits per heavy atom. The zero-order chi connectivity index (χ0) is 12.6. The van der Waals surface area contributed by atoms with Crippen LogP contribution in [0.5, 0.6) is 0 Å². The summed E-state index contributed by atoms with van der Waals surface area (Å²) in [7, 11) is 2.05. The molecule has 0 aliphatic carbocycles. The number of hydrogen-bond acceptors (Lipinski definition) is 1. The van der Waals surface area contributed by atoms with Crippen LogP contribution in [0.3, 0.4) is 0 Å². The van der Waals surface area contributed by atoms with E-state index in [9.17, 15) is 0 Å². The average Bonchev–Trinajstić information content (AvgIpc) is 2.59. The maximum Gasteiger partial charge on any atom is 0.175 e. The first-order valence-corrected chi connectivity index (χ1v) is 6.43. The van der Waals surface area contributed by atoms with Gasteiger partial charge in [0, 0.05) is 25.8 Å². The van der Waals surface area contributed by atoms with Crippen LogP contribution in [0, 0.1) is 0 Å². The Balaban J connectivity index is 2.22. The van der Waals surface area contributed by atoms with Crippen LogP contribution in [0.2, 0.25) is 0 Å². The molecule has 1 heterocycles. The van der Waals surface area contributed by atoms with Gasteiger partial charge in [-0.1, -0.05) is 32.9 Å². The Morgan fingerprint density at radius 3 is 2.06 bits per heavy atom. The first-order valence-electron chi connectivity index (χ1n) is 6.03. The third-order valence-electron chi connectivity index (χ3n) is 3.26. The summed E-state index contributed by atoms with van der Waals surface area (Å²) in [6.07, 6.45) is 0. The Bertz CT molecular complexity index is 417. The Hall–Kier alpha value is -1.09. The largest absolute Gasteiger partial charge is 0.350 e. The van der Waals surface area contributed by atoms with Gasteiger partial charge in [-0.05, 0) is 35.3 Å². The van der Waals surface area contributed by atoms with Crippen molar-refractivity contribution in [3.63, 3.8) is 0 Å². The van der Waals surface area contributed by atoms with E-state index in [1.807, 2.05) is 7.05 Å². The van der Waals surface area contributed by atoms with E-state index in [1.165, 1.54) is 11.3 Å². The van der Waals surface area contributed by atoms with Gasteiger partial charge in [-0.3, -0.25) is 0 Å². The van der Waals surface area contributed by atoms with E-state index >= 15 is 0 Å². The maximum absolute atomic E-state index is 5.40. The quantitative estimate of drug-likeness (QED) is 0.705. The molecule has 0 atom stereocenters. The molecular formula is C14H20N2S. The van der Waals surface area contributed by atoms with Crippen LogP contribution in [0.25, 0.3) is 0 Å². The van der Waals surface area contributed by atoms with Crippen LogP contribution < -0.4 is 4.90 Å². The molecule has 0 spiro atoms. The molecule has 0 bridgehead atoms. The van der Waals surface area contributed by atoms with E-state index in [1.54, 1.807) is 0 Å². The molecular weight excluding hydrogens is 228 g/mol. The molecule has 1 aliphatic heterocycles. The number of thiocarbonyl (C=S) groups is 1. The number of hydrogen-bond donors (Lipinski definition) is 0. The molecule has 0 radical (unpaired) electrons. The number of nitrogens with zero attached hydrogens (tertiary/aromatic N) is 2. The summed E-state index contributed by atoms with van der Waals surface area (Å²) in [5.74, 6) is 0. The molecule has 1 aromatic carbocycles. The lowest BCUT2D eigenvalue weighted by atomic mass is 9.87. The average molecular weight is 248 g/mol. The monoisotopic (exact) mass is 248 g/mol. The molecule has 0 amide bonds. The normalized spacial score (nSPS) is 16.8. The predicted molar refractivity (Wildman–Crippen MR) is 77.7 cm³/mol. The lowest BCUT2D eigenvalue weighted by molar-refractivity contribution is 0.571. The highest BCUT2D eigenvalue weighted by Gasteiger charge is 2.23. The van der Waals surface area contributed by atoms with Gasteiger partial charge in [-0.15, -0.1) is 0 Å². The third-order valence-corrected chi connectivity index (χ3v) is 3.79. The lowest BCUT2D eigenvalue weighted by Crippen LogP contribution is -2.28. The van der Waals surface area contributed by atoms with Crippen LogP contribution in [-0.2, 0) is 5.41 Å². The third kappa shape index (κ3) is 2.44. The second-order valence-electron chi connectivity index (χ2n) is 5.65. The molecule has 0 N–H and O–H groups in total. The standard InChI is InChI=1S/C14H20N2S/c1-14(2,3)11-5-7-12(8-6-11)16-10-9-15(4)13(16)17/h5-8H,9-10H2,1-4H3. The van der Waals surface area contributed by atoms with E-state index in [2.05, 4.69) is 54.8 Å². The SMILES string of the molecule is CN1CCN(c2ccc(C(C)(C)C)cc2)C1=S. The van der Waals surface area contributed by atoms with Gasteiger partial charge in [0.05, 0.1) is 0 Å². The van der Waals surface area contributed by atoms with Crippen LogP contribution in [-0.4, -0.2) is 30.1 Å². The molecule has 17 heavy (non-hydrogen) atoms. The Labute approximate surface area is 109 Å². The van der Waals surface area contributed by atoms with Crippen molar-refractivity contribution in [2.24, 2.45) is 0 Å². The summed E-state index contributed by atoms with van der Waals surface area (Å²) < 4.78 is 0. The van der Waals surface area contributed by atoms with Crippen molar-refractivity contribution in [1.29, 1.82) is 0 Å². The van der Waals surface area contributed by atoms with Gasteiger partial charge in [0.2, 0.25) is 0 Å². The van der Waals surface area contributed by atoms with E-state index in [-0.39, 0.29) is 5.41 Å². The van der Waals surface area contributed by atoms with Crippen LogP contribution in [0.15, 0.2) is 24.3 Å². The highest BCUT2D eigenvalue weighted by molar-refractivity contribution is 7.80. The van der Waals surface area contributed by atoms with Crippen molar-refractivity contribution in [2.75, 3.05) is 25.0 Å². The maximum atomic E-state index is 5.40. The topological polar surface area (TPSA) is 6.48 Å². The molecule has 1 aromatic rings. The zero-order valence-electron chi connectivity index (χ0n) is 11.0. The summed E-state index contributed by atoms with van der Waals surface area (Å²) >= 11 is 5.40. The van der Waals surface area contributed by atoms with Crippen molar-refractivity contribution in [2.45, 2.75) is 26.2 Å². The Morgan fingerprint density at radius 1 is 1.06 bits per heavy atom. The van der Waals surface area contributed by atoms with Crippen molar-refractivity contribution >= 4 is 23.0 Å². The number of anilines is 1. The molecule has 1 saturated heterocycles. The van der Waals surface area contributed by atoms with Gasteiger partial charge in [-0.2, -0.15) is 0 Å². The van der Waals surface area contributed by atoms with E-state index in [4.69, 9.17) is 12.2 Å². The fraction of sp³-hybridized carbons (Fsp3) is 0.500. The van der Waals surface area contributed by atoms with Gasteiger partial charge in [0.15, 0.2) is 5.11 Å². The Kier molecular flexibility index (Phi) is 3.13. The molecule has 1 aliphatic rings. The second-order valence-corrected chi connectivity index (χ2v) is 6.02. The fourth-order valence-corrected chi connectivity index (χ4v) is 2.32. The number of rotatable bonds is 1. The van der Waals surface area contributed by atoms with Crippen LogP contribution in [0.1, 0.15) is 26.3 Å². The summed E-state index contributed by atoms with van der Waals surface area (Å²) in [5.41, 5.74) is 2.77. The van der Waals surface area contributed by atoms with Gasteiger partial charge in [0.25, 0.3) is 0 Å². The molecule has 0 saturated carbocycles. The minimum Gasteiger partial charge on any atom is -0.350 e. The molecule has 2 rings (SSSR count). The number of benzene rings is 1. The smallest absolute Gasteiger partial charge is 0.175 e. The van der Waals surface area contributed by atoms with Crippen molar-refractivity contribution < 1.29 is 0 Å². The van der Waals surface area contributed by atoms with E-state index in [0.29, 0.717) is 0 Å². The first-order chi connectivity index (χ1) is 7.89. The van der Waals surface area contributed by atoms with Crippen molar-refractivity contribution in [1.82, 2.24) is 4.90 Å². The summed E-state index contributed by atoms with van der Waals surface area (Å²) in [4.78, 5) is 4.31. The minimum absolute atomic E-state index is 0.209. The first kappa shape index (κ1) is 12.4. The lowest BCUT2D eigenvalue weighted by Gasteiger charge is -2.22. The van der Waals surface area contributed by atoms with Gasteiger partial charge < -0.3 is 9.80 Å². The summed E-state index contributed by atoms with van der Waals surface area (Å²) in [6, 6.07) is 8.75. The van der Waals surface area contributed by atoms with E-state index < -0.39 is 0 Å². The fourth-order valence-electron chi connectivity index (χ4n) is 2.03. The molecule has 0 aromatic heterocycles. The highest BCUT2D eigenvalue weighted by atomic mass is 32.1. The molecule has 3 heteroatoms. The van der Waals surface area contributed by atoms with Gasteiger partial charge >= 0.3 is 0 Å². The van der Waals surface area contributed by atoms with Crippen molar-refractivity contribution in [3.8, 4) is 0 Å². The van der Waals surface area contributed by atoms with Gasteiger partial charge in [-0.25, -0.2) is 0 Å². The molecule has 1 fully saturated rings. The van der Waals surface area contributed by atoms with Crippen LogP contribution in [0.4, 0.5) is 5.69 Å². The van der Waals surface area contributed by atoms with Crippen molar-refractivity contribution in [3.05, 3.63) is 29.8 Å². The van der Waals surface area contributed by atoms with Crippen LogP contribution >= 0.6 is 12.2 Å². The molecule has 92 valence electrons. The summed E-state index contributed by atoms with van der Waals surface area (Å²) in [6.45, 7) is 8.70. The van der Waals surface area contributed by atoms with Gasteiger partial charge in [0.1, 0.15) is 0 Å². The number of likely N-dealkylation sites (N-methyl/N-ethyl adjacent to an activating group) is 1.